The summed E-state index contributed by atoms with van der Waals surface area (Å²) in [6.07, 6.45) is 0.679. The molecule has 1 aromatic carbocycles. The lowest BCUT2D eigenvalue weighted by atomic mass is 9.86. The van der Waals surface area contributed by atoms with Gasteiger partial charge in [0.15, 0.2) is 0 Å². The molecule has 2 atom stereocenters. The van der Waals surface area contributed by atoms with Gasteiger partial charge in [-0.1, -0.05) is 12.1 Å². The number of carbonyl (C=O) groups is 2. The van der Waals surface area contributed by atoms with Crippen molar-refractivity contribution in [1.82, 2.24) is 4.90 Å². The molecule has 136 valence electrons. The highest BCUT2D eigenvalue weighted by molar-refractivity contribution is 5.96. The van der Waals surface area contributed by atoms with Gasteiger partial charge in [0.05, 0.1) is 18.4 Å². The second-order valence-corrected chi connectivity index (χ2v) is 7.73. The number of rotatable bonds is 1. The molecule has 2 heterocycles. The van der Waals surface area contributed by atoms with Crippen molar-refractivity contribution in [3.8, 4) is 0 Å². The van der Waals surface area contributed by atoms with Gasteiger partial charge in [0.25, 0.3) is 0 Å². The molecule has 3 rings (SSSR count). The maximum Gasteiger partial charge on any atom is 0.410 e. The normalized spacial score (nSPS) is 22.3. The van der Waals surface area contributed by atoms with Gasteiger partial charge in [-0.25, -0.2) is 9.59 Å². The molecule has 0 radical (unpaired) electrons. The molecule has 1 amide bonds. The molecular weight excluding hydrogens is 320 g/mol. The fraction of sp³-hybridized carbons (Fsp3) is 0.579. The molecule has 1 fully saturated rings. The van der Waals surface area contributed by atoms with Crippen molar-refractivity contribution in [2.45, 2.75) is 38.7 Å². The molecule has 0 aromatic heterocycles. The van der Waals surface area contributed by atoms with Crippen LogP contribution in [0.25, 0.3) is 0 Å². The minimum atomic E-state index is -0.501. The lowest BCUT2D eigenvalue weighted by Gasteiger charge is -2.25. The number of fused-ring (bicyclic) bond motifs is 3. The van der Waals surface area contributed by atoms with Crippen LogP contribution in [0.5, 0.6) is 0 Å². The van der Waals surface area contributed by atoms with Crippen LogP contribution in [0, 0.1) is 5.92 Å². The summed E-state index contributed by atoms with van der Waals surface area (Å²) in [7, 11) is 1.39. The Morgan fingerprint density at radius 2 is 2.00 bits per heavy atom. The second-order valence-electron chi connectivity index (χ2n) is 7.73. The predicted molar refractivity (Wildman–Crippen MR) is 94.9 cm³/mol. The van der Waals surface area contributed by atoms with E-state index in [0.29, 0.717) is 24.6 Å². The Balaban J connectivity index is 1.87. The third-order valence-corrected chi connectivity index (χ3v) is 4.81. The van der Waals surface area contributed by atoms with Crippen molar-refractivity contribution in [3.05, 3.63) is 29.3 Å². The van der Waals surface area contributed by atoms with E-state index in [4.69, 9.17) is 9.47 Å². The van der Waals surface area contributed by atoms with Crippen LogP contribution < -0.4 is 5.32 Å². The number of benzene rings is 1. The van der Waals surface area contributed by atoms with Crippen LogP contribution in [-0.2, 0) is 9.47 Å². The number of ether oxygens (including phenoxy) is 2. The standard InChI is InChI=1S/C19H26N2O4/c1-19(2,3)25-18(23)21-10-12-8-9-20-16-13(15(12)11-21)6-5-7-14(16)17(22)24-4/h5-7,12,15,20H,8-11H2,1-4H3/t12-,15-/m0/s1. The van der Waals surface area contributed by atoms with Crippen LogP contribution in [0.3, 0.4) is 0 Å². The molecule has 1 saturated heterocycles. The van der Waals surface area contributed by atoms with E-state index in [1.54, 1.807) is 11.0 Å². The van der Waals surface area contributed by atoms with Crippen LogP contribution in [0.2, 0.25) is 0 Å². The zero-order chi connectivity index (χ0) is 18.2. The Morgan fingerprint density at radius 1 is 1.24 bits per heavy atom. The maximum atomic E-state index is 12.4. The summed E-state index contributed by atoms with van der Waals surface area (Å²) < 4.78 is 10.4. The number of likely N-dealkylation sites (tertiary alicyclic amines) is 1. The molecule has 1 aromatic rings. The highest BCUT2D eigenvalue weighted by Gasteiger charge is 2.40. The topological polar surface area (TPSA) is 67.9 Å². The third-order valence-electron chi connectivity index (χ3n) is 4.81. The molecule has 6 heteroatoms. The van der Waals surface area contributed by atoms with E-state index in [0.717, 1.165) is 24.2 Å². The van der Waals surface area contributed by atoms with Gasteiger partial charge in [-0.2, -0.15) is 0 Å². The number of carbonyl (C=O) groups excluding carboxylic acids is 2. The number of para-hydroxylation sites is 1. The summed E-state index contributed by atoms with van der Waals surface area (Å²) >= 11 is 0. The van der Waals surface area contributed by atoms with E-state index < -0.39 is 5.60 Å². The van der Waals surface area contributed by atoms with Crippen LogP contribution in [0.15, 0.2) is 18.2 Å². The van der Waals surface area contributed by atoms with E-state index in [-0.39, 0.29) is 18.0 Å². The average Bonchev–Trinajstić information content (AvgIpc) is 2.89. The zero-order valence-electron chi connectivity index (χ0n) is 15.3. The van der Waals surface area contributed by atoms with E-state index >= 15 is 0 Å². The van der Waals surface area contributed by atoms with E-state index in [9.17, 15) is 9.59 Å². The second kappa shape index (κ2) is 6.58. The minimum Gasteiger partial charge on any atom is -0.465 e. The fourth-order valence-corrected chi connectivity index (χ4v) is 3.73. The molecule has 0 aliphatic carbocycles. The summed E-state index contributed by atoms with van der Waals surface area (Å²) in [6, 6.07) is 5.69. The largest absolute Gasteiger partial charge is 0.465 e. The molecule has 2 aliphatic rings. The minimum absolute atomic E-state index is 0.196. The van der Waals surface area contributed by atoms with Gasteiger partial charge in [-0.05, 0) is 44.7 Å². The van der Waals surface area contributed by atoms with Crippen molar-refractivity contribution in [1.29, 1.82) is 0 Å². The number of esters is 1. The van der Waals surface area contributed by atoms with Gasteiger partial charge < -0.3 is 19.7 Å². The van der Waals surface area contributed by atoms with Crippen molar-refractivity contribution >= 4 is 17.7 Å². The van der Waals surface area contributed by atoms with Gasteiger partial charge in [0.1, 0.15) is 5.60 Å². The molecule has 6 nitrogen and oxygen atoms in total. The van der Waals surface area contributed by atoms with Crippen molar-refractivity contribution in [2.75, 3.05) is 32.1 Å². The van der Waals surface area contributed by atoms with Gasteiger partial charge in [-0.3, -0.25) is 0 Å². The highest BCUT2D eigenvalue weighted by Crippen LogP contribution is 2.42. The molecule has 1 N–H and O–H groups in total. The summed E-state index contributed by atoms with van der Waals surface area (Å²) in [5.41, 5.74) is 1.97. The van der Waals surface area contributed by atoms with Crippen molar-refractivity contribution in [3.63, 3.8) is 0 Å². The zero-order valence-corrected chi connectivity index (χ0v) is 15.3. The summed E-state index contributed by atoms with van der Waals surface area (Å²) in [4.78, 5) is 26.3. The summed E-state index contributed by atoms with van der Waals surface area (Å²) in [5, 5.41) is 3.38. The van der Waals surface area contributed by atoms with Gasteiger partial charge in [-0.15, -0.1) is 0 Å². The number of hydrogen-bond donors (Lipinski definition) is 1. The summed E-state index contributed by atoms with van der Waals surface area (Å²) in [6.45, 7) is 7.69. The number of anilines is 1. The first-order chi connectivity index (χ1) is 11.8. The number of nitrogens with zero attached hydrogens (tertiary/aromatic N) is 1. The first kappa shape index (κ1) is 17.6. The van der Waals surface area contributed by atoms with Crippen LogP contribution >= 0.6 is 0 Å². The van der Waals surface area contributed by atoms with Gasteiger partial charge in [0, 0.05) is 25.6 Å². The van der Waals surface area contributed by atoms with E-state index in [2.05, 4.69) is 5.32 Å². The number of methoxy groups -OCH3 is 1. The van der Waals surface area contributed by atoms with E-state index in [1.165, 1.54) is 7.11 Å². The van der Waals surface area contributed by atoms with Crippen LogP contribution in [0.4, 0.5) is 10.5 Å². The quantitative estimate of drug-likeness (QED) is 0.791. The molecule has 0 unspecified atom stereocenters. The van der Waals surface area contributed by atoms with Gasteiger partial charge >= 0.3 is 12.1 Å². The lowest BCUT2D eigenvalue weighted by molar-refractivity contribution is 0.0286. The molecule has 25 heavy (non-hydrogen) atoms. The Morgan fingerprint density at radius 3 is 2.68 bits per heavy atom. The Labute approximate surface area is 148 Å². The van der Waals surface area contributed by atoms with E-state index in [1.807, 2.05) is 32.9 Å². The Kier molecular flexibility index (Phi) is 4.62. The monoisotopic (exact) mass is 346 g/mol. The lowest BCUT2D eigenvalue weighted by Crippen LogP contribution is -2.35. The van der Waals surface area contributed by atoms with Gasteiger partial charge in [0.2, 0.25) is 0 Å². The summed E-state index contributed by atoms with van der Waals surface area (Å²) in [5.74, 6) is 0.209. The molecule has 2 aliphatic heterocycles. The molecule has 0 saturated carbocycles. The molecule has 0 bridgehead atoms. The van der Waals surface area contributed by atoms with Crippen molar-refractivity contribution < 1.29 is 19.1 Å². The maximum absolute atomic E-state index is 12.4. The van der Waals surface area contributed by atoms with Crippen molar-refractivity contribution in [2.24, 2.45) is 5.92 Å². The number of amides is 1. The molecule has 0 spiro atoms. The third kappa shape index (κ3) is 3.57. The smallest absolute Gasteiger partial charge is 0.410 e. The number of hydrogen-bond acceptors (Lipinski definition) is 5. The fourth-order valence-electron chi connectivity index (χ4n) is 3.73. The SMILES string of the molecule is COC(=O)c1cccc2c1NCC[C@H]1CN(C(=O)OC(C)(C)C)C[C@H]21. The van der Waals surface area contributed by atoms with Crippen LogP contribution in [-0.4, -0.2) is 49.3 Å². The van der Waals surface area contributed by atoms with Crippen LogP contribution in [0.1, 0.15) is 49.0 Å². The molecular formula is C19H26N2O4. The first-order valence-corrected chi connectivity index (χ1v) is 8.73. The number of nitrogens with one attached hydrogen (secondary N) is 1. The first-order valence-electron chi connectivity index (χ1n) is 8.73. The highest BCUT2D eigenvalue weighted by atomic mass is 16.6. The predicted octanol–water partition coefficient (Wildman–Crippen LogP) is 3.24. The Bertz CT molecular complexity index is 680. The average molecular weight is 346 g/mol. The Hall–Kier alpha value is -2.24.